The molecule has 1 saturated heterocycles. The fourth-order valence-corrected chi connectivity index (χ4v) is 3.73. The number of hydrogen-bond donors (Lipinski definition) is 1. The lowest BCUT2D eigenvalue weighted by Gasteiger charge is -2.26. The van der Waals surface area contributed by atoms with Gasteiger partial charge in [0, 0.05) is 48.7 Å². The van der Waals surface area contributed by atoms with E-state index in [1.54, 1.807) is 4.68 Å². The van der Waals surface area contributed by atoms with Crippen molar-refractivity contribution < 1.29 is 9.53 Å². The van der Waals surface area contributed by atoms with Gasteiger partial charge >= 0.3 is 0 Å². The van der Waals surface area contributed by atoms with Crippen molar-refractivity contribution in [1.82, 2.24) is 19.7 Å². The topological polar surface area (TPSA) is 63.2 Å². The number of nitrogens with one attached hydrogen (secondary N) is 1. The Hall–Kier alpha value is -2.44. The number of aryl methyl sites for hydroxylation is 2. The van der Waals surface area contributed by atoms with E-state index < -0.39 is 0 Å². The molecule has 0 unspecified atom stereocenters. The van der Waals surface area contributed by atoms with Crippen LogP contribution in [0, 0.1) is 6.92 Å². The van der Waals surface area contributed by atoms with Crippen molar-refractivity contribution in [3.05, 3.63) is 41.7 Å². The molecule has 3 aromatic rings. The van der Waals surface area contributed by atoms with Gasteiger partial charge in [0.05, 0.1) is 18.9 Å². The van der Waals surface area contributed by atoms with Crippen LogP contribution in [0.1, 0.15) is 29.0 Å². The summed E-state index contributed by atoms with van der Waals surface area (Å²) in [7, 11) is 1.90. The van der Waals surface area contributed by atoms with Crippen LogP contribution in [0.3, 0.4) is 0 Å². The number of hydrogen-bond acceptors (Lipinski definition) is 4. The molecule has 0 radical (unpaired) electrons. The Labute approximate surface area is 159 Å². The molecule has 1 aliphatic heterocycles. The highest BCUT2D eigenvalue weighted by molar-refractivity contribution is 5.95. The zero-order valence-electron chi connectivity index (χ0n) is 16.0. The quantitative estimate of drug-likeness (QED) is 0.681. The maximum absolute atomic E-state index is 12.6. The van der Waals surface area contributed by atoms with E-state index in [1.807, 2.05) is 13.1 Å². The van der Waals surface area contributed by atoms with Crippen LogP contribution >= 0.6 is 0 Å². The summed E-state index contributed by atoms with van der Waals surface area (Å²) < 4.78 is 7.16. The highest BCUT2D eigenvalue weighted by Crippen LogP contribution is 2.25. The summed E-state index contributed by atoms with van der Waals surface area (Å²) >= 11 is 0. The minimum atomic E-state index is 0.115. The van der Waals surface area contributed by atoms with Crippen molar-refractivity contribution in [2.45, 2.75) is 19.8 Å². The third-order valence-electron chi connectivity index (χ3n) is 5.20. The molecule has 27 heavy (non-hydrogen) atoms. The zero-order valence-corrected chi connectivity index (χ0v) is 16.0. The van der Waals surface area contributed by atoms with Crippen LogP contribution in [0.5, 0.6) is 0 Å². The van der Waals surface area contributed by atoms with E-state index in [0.29, 0.717) is 12.1 Å². The Kier molecular flexibility index (Phi) is 5.09. The number of aromatic amines is 1. The summed E-state index contributed by atoms with van der Waals surface area (Å²) in [6.07, 6.45) is 1.39. The lowest BCUT2D eigenvalue weighted by atomic mass is 10.1. The summed E-state index contributed by atoms with van der Waals surface area (Å²) in [5.74, 6) is 0.115. The van der Waals surface area contributed by atoms with Gasteiger partial charge in [-0.15, -0.1) is 0 Å². The van der Waals surface area contributed by atoms with Gasteiger partial charge in [-0.2, -0.15) is 5.10 Å². The molecule has 0 aliphatic carbocycles. The van der Waals surface area contributed by atoms with Crippen LogP contribution < -0.4 is 0 Å². The number of nitrogens with zero attached hydrogens (tertiary/aromatic N) is 3. The molecule has 6 heteroatoms. The van der Waals surface area contributed by atoms with Gasteiger partial charge in [-0.3, -0.25) is 14.4 Å². The van der Waals surface area contributed by atoms with Crippen molar-refractivity contribution in [1.29, 1.82) is 0 Å². The molecule has 142 valence electrons. The van der Waals surface area contributed by atoms with E-state index in [0.717, 1.165) is 61.7 Å². The molecular weight excluding hydrogens is 340 g/mol. The third-order valence-corrected chi connectivity index (χ3v) is 5.20. The highest BCUT2D eigenvalue weighted by Gasteiger charge is 2.16. The number of H-pyrrole nitrogens is 1. The van der Waals surface area contributed by atoms with Crippen LogP contribution in [-0.2, 0) is 11.8 Å². The lowest BCUT2D eigenvalue weighted by molar-refractivity contribution is 0.0371. The second-order valence-electron chi connectivity index (χ2n) is 7.27. The predicted molar refractivity (Wildman–Crippen MR) is 106 cm³/mol. The second-order valence-corrected chi connectivity index (χ2v) is 7.27. The average molecular weight is 366 g/mol. The van der Waals surface area contributed by atoms with Crippen LogP contribution in [0.15, 0.2) is 30.3 Å². The smallest absolute Gasteiger partial charge is 0.183 e. The standard InChI is InChI=1S/C21H26N4O2/c1-15-12-17-13-16(5-6-18(17)22-15)20-14-19(23-24(20)2)21(26)4-3-7-25-8-10-27-11-9-25/h5-6,12-14,22H,3-4,7-11H2,1-2H3. The number of carbonyl (C=O) groups excluding carboxylic acids is 1. The lowest BCUT2D eigenvalue weighted by Crippen LogP contribution is -2.36. The molecule has 0 atom stereocenters. The molecule has 2 aromatic heterocycles. The predicted octanol–water partition coefficient (Wildman–Crippen LogP) is 3.17. The zero-order chi connectivity index (χ0) is 18.8. The first kappa shape index (κ1) is 17.9. The largest absolute Gasteiger partial charge is 0.379 e. The van der Waals surface area contributed by atoms with Gasteiger partial charge in [0.1, 0.15) is 5.69 Å². The second kappa shape index (κ2) is 7.66. The van der Waals surface area contributed by atoms with Gasteiger partial charge in [0.15, 0.2) is 5.78 Å². The minimum absolute atomic E-state index is 0.115. The molecule has 4 rings (SSSR count). The molecule has 1 fully saturated rings. The van der Waals surface area contributed by atoms with Crippen molar-refractivity contribution in [3.8, 4) is 11.3 Å². The fraction of sp³-hybridized carbons (Fsp3) is 0.429. The maximum atomic E-state index is 12.6. The molecule has 3 heterocycles. The van der Waals surface area contributed by atoms with E-state index in [9.17, 15) is 4.79 Å². The number of morpholine rings is 1. The highest BCUT2D eigenvalue weighted by atomic mass is 16.5. The molecule has 0 saturated carbocycles. The first-order valence-corrected chi connectivity index (χ1v) is 9.57. The monoisotopic (exact) mass is 366 g/mol. The minimum Gasteiger partial charge on any atom is -0.379 e. The SMILES string of the molecule is Cc1cc2cc(-c3cc(C(=O)CCCN4CCOCC4)nn3C)ccc2[nH]1. The summed E-state index contributed by atoms with van der Waals surface area (Å²) in [6, 6.07) is 10.3. The first-order valence-electron chi connectivity index (χ1n) is 9.57. The van der Waals surface area contributed by atoms with Gasteiger partial charge in [-0.05, 0) is 44.2 Å². The number of ketones is 1. The van der Waals surface area contributed by atoms with E-state index in [2.05, 4.69) is 46.2 Å². The van der Waals surface area contributed by atoms with Crippen LogP contribution in [-0.4, -0.2) is 58.3 Å². The number of benzene rings is 1. The van der Waals surface area contributed by atoms with Crippen LogP contribution in [0.2, 0.25) is 0 Å². The summed E-state index contributed by atoms with van der Waals surface area (Å²) in [5.41, 5.74) is 4.86. The molecule has 0 amide bonds. The fourth-order valence-electron chi connectivity index (χ4n) is 3.73. The van der Waals surface area contributed by atoms with Gasteiger partial charge in [-0.1, -0.05) is 6.07 Å². The van der Waals surface area contributed by atoms with E-state index in [-0.39, 0.29) is 5.78 Å². The molecule has 1 aliphatic rings. The van der Waals surface area contributed by atoms with Gasteiger partial charge in [0.2, 0.25) is 0 Å². The normalized spacial score (nSPS) is 15.5. The first-order chi connectivity index (χ1) is 13.1. The molecule has 6 nitrogen and oxygen atoms in total. The van der Waals surface area contributed by atoms with Crippen molar-refractivity contribution in [3.63, 3.8) is 0 Å². The Morgan fingerprint density at radius 1 is 1.22 bits per heavy atom. The molecule has 0 spiro atoms. The summed E-state index contributed by atoms with van der Waals surface area (Å²) in [5, 5.41) is 5.63. The summed E-state index contributed by atoms with van der Waals surface area (Å²) in [6.45, 7) is 6.51. The number of aromatic nitrogens is 3. The maximum Gasteiger partial charge on any atom is 0.183 e. The molecule has 1 N–H and O–H groups in total. The van der Waals surface area contributed by atoms with E-state index >= 15 is 0 Å². The van der Waals surface area contributed by atoms with Crippen LogP contribution in [0.25, 0.3) is 22.2 Å². The Morgan fingerprint density at radius 3 is 2.85 bits per heavy atom. The molecular formula is C21H26N4O2. The van der Waals surface area contributed by atoms with Crippen molar-refractivity contribution >= 4 is 16.7 Å². The van der Waals surface area contributed by atoms with Gasteiger partial charge < -0.3 is 9.72 Å². The number of Topliss-reactive ketones (excluding diaryl/α,β-unsaturated/α-hetero) is 1. The number of fused-ring (bicyclic) bond motifs is 1. The number of carbonyl (C=O) groups is 1. The van der Waals surface area contributed by atoms with Crippen LogP contribution in [0.4, 0.5) is 0 Å². The summed E-state index contributed by atoms with van der Waals surface area (Å²) in [4.78, 5) is 18.3. The van der Waals surface area contributed by atoms with E-state index in [4.69, 9.17) is 4.74 Å². The number of rotatable bonds is 6. The van der Waals surface area contributed by atoms with Crippen molar-refractivity contribution in [2.75, 3.05) is 32.8 Å². The average Bonchev–Trinajstić information content (AvgIpc) is 3.23. The van der Waals surface area contributed by atoms with Crippen molar-refractivity contribution in [2.24, 2.45) is 7.05 Å². The third kappa shape index (κ3) is 3.96. The van der Waals surface area contributed by atoms with Gasteiger partial charge in [-0.25, -0.2) is 0 Å². The van der Waals surface area contributed by atoms with Gasteiger partial charge in [0.25, 0.3) is 0 Å². The number of ether oxygens (including phenoxy) is 1. The molecule has 0 bridgehead atoms. The molecule has 1 aromatic carbocycles. The van der Waals surface area contributed by atoms with E-state index in [1.165, 1.54) is 5.39 Å². The Morgan fingerprint density at radius 2 is 2.04 bits per heavy atom. The Bertz CT molecular complexity index is 950. The Balaban J connectivity index is 1.44.